The lowest BCUT2D eigenvalue weighted by atomic mass is 9.92. The number of carboxylic acid groups (broad SMARTS) is 1. The molecule has 1 aliphatic rings. The van der Waals surface area contributed by atoms with Crippen molar-refractivity contribution in [3.63, 3.8) is 0 Å². The van der Waals surface area contributed by atoms with Crippen LogP contribution in [-0.4, -0.2) is 48.7 Å². The van der Waals surface area contributed by atoms with Crippen molar-refractivity contribution in [1.82, 2.24) is 4.90 Å². The number of aromatic carboxylic acids is 1. The maximum Gasteiger partial charge on any atom is 0.339 e. The molecule has 0 saturated carbocycles. The summed E-state index contributed by atoms with van der Waals surface area (Å²) in [5.74, 6) is 0.341. The molecule has 1 aliphatic heterocycles. The first-order valence-corrected chi connectivity index (χ1v) is 15.1. The molecule has 0 aromatic heterocycles. The molecule has 1 atom stereocenters. The summed E-state index contributed by atoms with van der Waals surface area (Å²) in [6.07, 6.45) is 4.55. The quantitative estimate of drug-likeness (QED) is 0.235. The Bertz CT molecular complexity index is 1330. The predicted molar refractivity (Wildman–Crippen MR) is 167 cm³/mol. The van der Waals surface area contributed by atoms with Crippen LogP contribution in [0, 0.1) is 5.92 Å². The fourth-order valence-corrected chi connectivity index (χ4v) is 5.77. The van der Waals surface area contributed by atoms with Gasteiger partial charge in [0.05, 0.1) is 26.2 Å². The molecule has 3 aromatic carbocycles. The number of methoxy groups -OCH3 is 1. The van der Waals surface area contributed by atoms with E-state index in [4.69, 9.17) is 9.47 Å². The maximum absolute atomic E-state index is 14.3. The molecule has 0 bridgehead atoms. The fraction of sp³-hybridized carbons (Fsp3) is 0.429. The lowest BCUT2D eigenvalue weighted by Crippen LogP contribution is -2.38. The average molecular weight is 573 g/mol. The topological polar surface area (TPSA) is 79.3 Å². The Balaban J connectivity index is 1.75. The number of nitrogens with zero attached hydrogens (tertiary/aromatic N) is 2. The second-order valence-corrected chi connectivity index (χ2v) is 11.4. The zero-order valence-corrected chi connectivity index (χ0v) is 25.3. The van der Waals surface area contributed by atoms with E-state index in [0.29, 0.717) is 19.1 Å². The van der Waals surface area contributed by atoms with Crippen LogP contribution in [0.3, 0.4) is 0 Å². The van der Waals surface area contributed by atoms with E-state index >= 15 is 0 Å². The number of piperidine rings is 1. The zero-order chi connectivity index (χ0) is 30.1. The van der Waals surface area contributed by atoms with Crippen LogP contribution in [0.25, 0.3) is 0 Å². The normalized spacial score (nSPS) is 14.0. The number of rotatable bonds is 13. The molecule has 1 saturated heterocycles. The number of ether oxygens (including phenoxy) is 2. The lowest BCUT2D eigenvalue weighted by molar-refractivity contribution is -0.134. The molecule has 0 radical (unpaired) electrons. The van der Waals surface area contributed by atoms with Crippen LogP contribution < -0.4 is 14.4 Å². The molecule has 7 nitrogen and oxygen atoms in total. The number of hydrogen-bond donors (Lipinski definition) is 1. The van der Waals surface area contributed by atoms with Crippen molar-refractivity contribution in [3.05, 3.63) is 89.0 Å². The number of carboxylic acids is 1. The molecule has 0 aliphatic carbocycles. The molecule has 0 unspecified atom stereocenters. The molecule has 1 heterocycles. The van der Waals surface area contributed by atoms with E-state index in [1.807, 2.05) is 36.1 Å². The number of carbonyl (C=O) groups excluding carboxylic acids is 1. The minimum absolute atomic E-state index is 0.0181. The molecule has 0 spiro atoms. The minimum atomic E-state index is -1.05. The van der Waals surface area contributed by atoms with Crippen LogP contribution in [0.15, 0.2) is 66.7 Å². The second kappa shape index (κ2) is 14.8. The summed E-state index contributed by atoms with van der Waals surface area (Å²) >= 11 is 0. The number of carbonyl (C=O) groups is 2. The van der Waals surface area contributed by atoms with Gasteiger partial charge < -0.3 is 24.4 Å². The highest BCUT2D eigenvalue weighted by molar-refractivity contribution is 5.91. The zero-order valence-electron chi connectivity index (χ0n) is 25.3. The third-order valence-electron chi connectivity index (χ3n) is 7.83. The first-order valence-electron chi connectivity index (χ1n) is 15.1. The molecule has 42 heavy (non-hydrogen) atoms. The van der Waals surface area contributed by atoms with Crippen molar-refractivity contribution in [2.45, 2.75) is 65.5 Å². The van der Waals surface area contributed by atoms with Crippen LogP contribution >= 0.6 is 0 Å². The van der Waals surface area contributed by atoms with Crippen LogP contribution in [-0.2, 0) is 17.8 Å². The van der Waals surface area contributed by atoms with Crippen LogP contribution in [0.5, 0.6) is 11.5 Å². The number of benzene rings is 3. The van der Waals surface area contributed by atoms with Crippen molar-refractivity contribution in [2.75, 3.05) is 31.7 Å². The first kappa shape index (κ1) is 30.9. The molecule has 1 N–H and O–H groups in total. The third-order valence-corrected chi connectivity index (χ3v) is 7.83. The van der Waals surface area contributed by atoms with Gasteiger partial charge in [-0.1, -0.05) is 50.2 Å². The van der Waals surface area contributed by atoms with E-state index in [9.17, 15) is 14.7 Å². The Morgan fingerprint density at radius 2 is 1.64 bits per heavy atom. The molecule has 1 fully saturated rings. The van der Waals surface area contributed by atoms with Crippen molar-refractivity contribution in [3.8, 4) is 11.5 Å². The van der Waals surface area contributed by atoms with Gasteiger partial charge in [0.1, 0.15) is 17.1 Å². The Labute approximate surface area is 250 Å². The molecule has 7 heteroatoms. The molecular formula is C35H44N2O5. The van der Waals surface area contributed by atoms with Gasteiger partial charge in [0.15, 0.2) is 0 Å². The Morgan fingerprint density at radius 1 is 0.952 bits per heavy atom. The summed E-state index contributed by atoms with van der Waals surface area (Å²) in [4.78, 5) is 30.6. The smallest absolute Gasteiger partial charge is 0.339 e. The van der Waals surface area contributed by atoms with Crippen molar-refractivity contribution >= 4 is 17.6 Å². The van der Waals surface area contributed by atoms with Crippen LogP contribution in [0.2, 0.25) is 0 Å². The first-order chi connectivity index (χ1) is 20.3. The van der Waals surface area contributed by atoms with Gasteiger partial charge in [0.25, 0.3) is 0 Å². The molecular weight excluding hydrogens is 528 g/mol. The van der Waals surface area contributed by atoms with Gasteiger partial charge in [-0.15, -0.1) is 0 Å². The lowest BCUT2D eigenvalue weighted by Gasteiger charge is -2.38. The standard InChI is InChI=1S/C35H44N2O5/c1-5-42-33-22-27(15-18-30(33)35(39)40)23-34(38)37(24-26-13-16-28(41-4)17-14-26)32(21-25(2)3)29-11-7-8-12-31(29)36-19-9-6-10-20-36/h7-8,11-18,22,25,32H,5-6,9-10,19-21,23-24H2,1-4H3,(H,39,40)/t32-/m0/s1. The third kappa shape index (κ3) is 7.84. The summed E-state index contributed by atoms with van der Waals surface area (Å²) in [5.41, 5.74) is 4.22. The average Bonchev–Trinajstić information content (AvgIpc) is 2.99. The Kier molecular flexibility index (Phi) is 10.9. The van der Waals surface area contributed by atoms with Gasteiger partial charge in [-0.05, 0) is 85.5 Å². The Morgan fingerprint density at radius 3 is 2.29 bits per heavy atom. The van der Waals surface area contributed by atoms with E-state index in [1.165, 1.54) is 36.6 Å². The van der Waals surface area contributed by atoms with Gasteiger partial charge in [-0.3, -0.25) is 4.79 Å². The highest BCUT2D eigenvalue weighted by Gasteiger charge is 2.30. The van der Waals surface area contributed by atoms with Crippen LogP contribution in [0.1, 0.15) is 79.5 Å². The SMILES string of the molecule is CCOc1cc(CC(=O)N(Cc2ccc(OC)cc2)[C@@H](CC(C)C)c2ccccc2N2CCCCC2)ccc1C(=O)O. The minimum Gasteiger partial charge on any atom is -0.497 e. The van der Waals surface area contributed by atoms with Crippen molar-refractivity contribution in [1.29, 1.82) is 0 Å². The number of amides is 1. The summed E-state index contributed by atoms with van der Waals surface area (Å²) in [6, 6.07) is 21.2. The van der Waals surface area contributed by atoms with Gasteiger partial charge in [-0.2, -0.15) is 0 Å². The van der Waals surface area contributed by atoms with E-state index in [-0.39, 0.29) is 29.7 Å². The van der Waals surface area contributed by atoms with Gasteiger partial charge in [-0.25, -0.2) is 4.79 Å². The van der Waals surface area contributed by atoms with Gasteiger partial charge in [0, 0.05) is 25.3 Å². The van der Waals surface area contributed by atoms with E-state index in [1.54, 1.807) is 19.2 Å². The highest BCUT2D eigenvalue weighted by Crippen LogP contribution is 2.37. The number of para-hydroxylation sites is 1. The second-order valence-electron chi connectivity index (χ2n) is 11.4. The molecule has 1 amide bonds. The number of anilines is 1. The summed E-state index contributed by atoms with van der Waals surface area (Å²) in [7, 11) is 1.65. The highest BCUT2D eigenvalue weighted by atomic mass is 16.5. The van der Waals surface area contributed by atoms with E-state index in [2.05, 4.69) is 43.0 Å². The monoisotopic (exact) mass is 572 g/mol. The van der Waals surface area contributed by atoms with E-state index < -0.39 is 5.97 Å². The Hall–Kier alpha value is -4.00. The van der Waals surface area contributed by atoms with E-state index in [0.717, 1.165) is 36.4 Å². The molecule has 4 rings (SSSR count). The maximum atomic E-state index is 14.3. The predicted octanol–water partition coefficient (Wildman–Crippen LogP) is 7.14. The molecule has 224 valence electrons. The van der Waals surface area contributed by atoms with Crippen molar-refractivity contribution < 1.29 is 24.2 Å². The summed E-state index contributed by atoms with van der Waals surface area (Å²) in [6.45, 7) is 9.04. The van der Waals surface area contributed by atoms with Crippen LogP contribution in [0.4, 0.5) is 5.69 Å². The van der Waals surface area contributed by atoms with Gasteiger partial charge in [0.2, 0.25) is 5.91 Å². The summed E-state index contributed by atoms with van der Waals surface area (Å²) < 4.78 is 11.0. The largest absolute Gasteiger partial charge is 0.497 e. The van der Waals surface area contributed by atoms with Gasteiger partial charge >= 0.3 is 5.97 Å². The van der Waals surface area contributed by atoms with Crippen molar-refractivity contribution in [2.24, 2.45) is 5.92 Å². The summed E-state index contributed by atoms with van der Waals surface area (Å²) in [5, 5.41) is 9.60. The number of hydrogen-bond acceptors (Lipinski definition) is 5. The fourth-order valence-electron chi connectivity index (χ4n) is 5.77. The molecule has 3 aromatic rings.